The maximum Gasteiger partial charge on any atom is 0.303 e. The Balaban J connectivity index is 2.15. The van der Waals surface area contributed by atoms with Gasteiger partial charge in [-0.1, -0.05) is 6.07 Å². The quantitative estimate of drug-likeness (QED) is 0.792. The molecule has 1 amide bonds. The van der Waals surface area contributed by atoms with Crippen molar-refractivity contribution in [3.8, 4) is 10.6 Å². The second-order valence-electron chi connectivity index (χ2n) is 4.78. The second kappa shape index (κ2) is 7.28. The zero-order valence-electron chi connectivity index (χ0n) is 12.2. The Bertz CT molecular complexity index is 726. The van der Waals surface area contributed by atoms with Crippen LogP contribution in [0.3, 0.4) is 0 Å². The highest BCUT2D eigenvalue weighted by molar-refractivity contribution is 7.17. The number of carbonyl (C=O) groups is 2. The molecule has 0 unspecified atom stereocenters. The molecule has 0 spiro atoms. The largest absolute Gasteiger partial charge is 0.481 e. The average Bonchev–Trinajstić information content (AvgIpc) is 2.84. The van der Waals surface area contributed by atoms with Gasteiger partial charge in [-0.2, -0.15) is 0 Å². The van der Waals surface area contributed by atoms with Crippen LogP contribution in [0.15, 0.2) is 18.2 Å². The molecule has 0 saturated heterocycles. The Morgan fingerprint density at radius 3 is 2.57 bits per heavy atom. The number of aliphatic carboxylic acids is 1. The number of rotatable bonds is 6. The van der Waals surface area contributed by atoms with Crippen molar-refractivity contribution in [2.24, 2.45) is 0 Å². The van der Waals surface area contributed by atoms with Gasteiger partial charge in [-0.25, -0.2) is 13.8 Å². The summed E-state index contributed by atoms with van der Waals surface area (Å²) in [6.07, 6.45) is 0.251. The van der Waals surface area contributed by atoms with Crippen molar-refractivity contribution in [1.29, 1.82) is 0 Å². The van der Waals surface area contributed by atoms with E-state index in [-0.39, 0.29) is 28.4 Å². The average molecular weight is 340 g/mol. The summed E-state index contributed by atoms with van der Waals surface area (Å²) in [4.78, 5) is 26.8. The first-order valence-corrected chi connectivity index (χ1v) is 7.63. The molecule has 8 heteroatoms. The number of carboxylic acid groups (broad SMARTS) is 1. The van der Waals surface area contributed by atoms with Gasteiger partial charge < -0.3 is 10.4 Å². The monoisotopic (exact) mass is 340 g/mol. The van der Waals surface area contributed by atoms with Crippen LogP contribution in [0.1, 0.15) is 28.2 Å². The molecule has 0 atom stereocenters. The number of carboxylic acids is 1. The van der Waals surface area contributed by atoms with Gasteiger partial charge in [0.2, 0.25) is 0 Å². The van der Waals surface area contributed by atoms with Crippen LogP contribution in [0.5, 0.6) is 0 Å². The van der Waals surface area contributed by atoms with E-state index in [9.17, 15) is 18.4 Å². The third kappa shape index (κ3) is 4.10. The normalized spacial score (nSPS) is 10.6. The molecule has 0 saturated carbocycles. The van der Waals surface area contributed by atoms with Crippen molar-refractivity contribution >= 4 is 23.2 Å². The Morgan fingerprint density at radius 1 is 1.30 bits per heavy atom. The lowest BCUT2D eigenvalue weighted by atomic mass is 10.2. The maximum atomic E-state index is 13.8. The molecule has 1 heterocycles. The second-order valence-corrected chi connectivity index (χ2v) is 5.78. The van der Waals surface area contributed by atoms with E-state index in [1.54, 1.807) is 6.92 Å². The predicted molar refractivity (Wildman–Crippen MR) is 81.4 cm³/mol. The Morgan fingerprint density at radius 2 is 1.96 bits per heavy atom. The first-order chi connectivity index (χ1) is 10.9. The first-order valence-electron chi connectivity index (χ1n) is 6.82. The minimum atomic E-state index is -0.939. The summed E-state index contributed by atoms with van der Waals surface area (Å²) in [5.74, 6) is -2.86. The van der Waals surface area contributed by atoms with Crippen LogP contribution in [-0.4, -0.2) is 28.5 Å². The van der Waals surface area contributed by atoms with Gasteiger partial charge in [-0.15, -0.1) is 11.3 Å². The lowest BCUT2D eigenvalue weighted by Gasteiger charge is -2.02. The zero-order valence-corrected chi connectivity index (χ0v) is 13.0. The molecule has 122 valence electrons. The van der Waals surface area contributed by atoms with Gasteiger partial charge in [0.15, 0.2) is 0 Å². The maximum absolute atomic E-state index is 13.8. The summed E-state index contributed by atoms with van der Waals surface area (Å²) in [7, 11) is 0. The number of carbonyl (C=O) groups excluding carboxylic acids is 1. The van der Waals surface area contributed by atoms with Crippen LogP contribution < -0.4 is 5.32 Å². The SMILES string of the molecule is Cc1nc(-c2c(F)cccc2F)sc1C(=O)NCCCC(=O)O. The van der Waals surface area contributed by atoms with E-state index in [0.29, 0.717) is 12.1 Å². The summed E-state index contributed by atoms with van der Waals surface area (Å²) in [5, 5.41) is 11.2. The topological polar surface area (TPSA) is 79.3 Å². The standard InChI is InChI=1S/C15H14F2N2O3S/c1-8-13(14(22)18-7-3-6-11(20)21)23-15(19-8)12-9(16)4-2-5-10(12)17/h2,4-5H,3,6-7H2,1H3,(H,18,22)(H,20,21). The van der Waals surface area contributed by atoms with Crippen LogP contribution in [0, 0.1) is 18.6 Å². The molecule has 2 aromatic rings. The molecule has 1 aromatic carbocycles. The predicted octanol–water partition coefficient (Wildman–Crippen LogP) is 2.99. The number of hydrogen-bond donors (Lipinski definition) is 2. The molecule has 0 aliphatic heterocycles. The highest BCUT2D eigenvalue weighted by Gasteiger charge is 2.20. The number of aryl methyl sites for hydroxylation is 1. The molecule has 2 N–H and O–H groups in total. The number of halogens is 2. The summed E-state index contributed by atoms with van der Waals surface area (Å²) >= 11 is 0.894. The van der Waals surface area contributed by atoms with E-state index in [2.05, 4.69) is 10.3 Å². The number of amides is 1. The molecular weight excluding hydrogens is 326 g/mol. The van der Waals surface area contributed by atoms with Crippen LogP contribution in [0.2, 0.25) is 0 Å². The number of benzene rings is 1. The third-order valence-electron chi connectivity index (χ3n) is 3.03. The number of nitrogens with zero attached hydrogens (tertiary/aromatic N) is 1. The number of nitrogens with one attached hydrogen (secondary N) is 1. The lowest BCUT2D eigenvalue weighted by Crippen LogP contribution is -2.24. The molecule has 0 radical (unpaired) electrons. The number of aromatic nitrogens is 1. The molecule has 1 aromatic heterocycles. The molecule has 0 fully saturated rings. The molecule has 0 aliphatic rings. The molecule has 0 aliphatic carbocycles. The van der Waals surface area contributed by atoms with Crippen LogP contribution >= 0.6 is 11.3 Å². The van der Waals surface area contributed by atoms with Gasteiger partial charge in [0, 0.05) is 13.0 Å². The van der Waals surface area contributed by atoms with Crippen LogP contribution in [-0.2, 0) is 4.79 Å². The summed E-state index contributed by atoms with van der Waals surface area (Å²) in [6, 6.07) is 3.51. The van der Waals surface area contributed by atoms with Crippen molar-refractivity contribution in [1.82, 2.24) is 10.3 Å². The molecule has 2 rings (SSSR count). The molecule has 23 heavy (non-hydrogen) atoms. The van der Waals surface area contributed by atoms with Gasteiger partial charge in [0.05, 0.1) is 11.3 Å². The van der Waals surface area contributed by atoms with E-state index in [1.165, 1.54) is 6.07 Å². The van der Waals surface area contributed by atoms with Crippen LogP contribution in [0.25, 0.3) is 10.6 Å². The fraction of sp³-hybridized carbons (Fsp3) is 0.267. The molecule has 5 nitrogen and oxygen atoms in total. The van der Waals surface area contributed by atoms with Crippen molar-refractivity contribution in [3.05, 3.63) is 40.4 Å². The summed E-state index contributed by atoms with van der Waals surface area (Å²) in [6.45, 7) is 1.77. The number of thiazole rings is 1. The minimum Gasteiger partial charge on any atom is -0.481 e. The highest BCUT2D eigenvalue weighted by atomic mass is 32.1. The van der Waals surface area contributed by atoms with E-state index in [4.69, 9.17) is 5.11 Å². The first kappa shape index (κ1) is 17.0. The fourth-order valence-corrected chi connectivity index (χ4v) is 2.97. The lowest BCUT2D eigenvalue weighted by molar-refractivity contribution is -0.137. The van der Waals surface area contributed by atoms with Gasteiger partial charge in [0.1, 0.15) is 21.5 Å². The van der Waals surface area contributed by atoms with Crippen molar-refractivity contribution in [2.45, 2.75) is 19.8 Å². The Labute approximate surface area is 135 Å². The van der Waals surface area contributed by atoms with Crippen molar-refractivity contribution in [3.63, 3.8) is 0 Å². The van der Waals surface area contributed by atoms with Gasteiger partial charge >= 0.3 is 5.97 Å². The van der Waals surface area contributed by atoms with Gasteiger partial charge in [0.25, 0.3) is 5.91 Å². The van der Waals surface area contributed by atoms with Gasteiger partial charge in [-0.3, -0.25) is 9.59 Å². The smallest absolute Gasteiger partial charge is 0.303 e. The van der Waals surface area contributed by atoms with E-state index < -0.39 is 23.5 Å². The van der Waals surface area contributed by atoms with E-state index in [0.717, 1.165) is 23.5 Å². The van der Waals surface area contributed by atoms with Crippen molar-refractivity contribution in [2.75, 3.05) is 6.54 Å². The van der Waals surface area contributed by atoms with E-state index >= 15 is 0 Å². The fourth-order valence-electron chi connectivity index (χ4n) is 1.94. The zero-order chi connectivity index (χ0) is 17.0. The highest BCUT2D eigenvalue weighted by Crippen LogP contribution is 2.31. The summed E-state index contributed by atoms with van der Waals surface area (Å²) in [5.41, 5.74) is 0.105. The van der Waals surface area contributed by atoms with Crippen molar-refractivity contribution < 1.29 is 23.5 Å². The molecular formula is C15H14F2N2O3S. The third-order valence-corrected chi connectivity index (χ3v) is 4.21. The van der Waals surface area contributed by atoms with Gasteiger partial charge in [-0.05, 0) is 25.5 Å². The summed E-state index contributed by atoms with van der Waals surface area (Å²) < 4.78 is 27.5. The number of hydrogen-bond acceptors (Lipinski definition) is 4. The Hall–Kier alpha value is -2.35. The van der Waals surface area contributed by atoms with E-state index in [1.807, 2.05) is 0 Å². The Kier molecular flexibility index (Phi) is 5.38. The van der Waals surface area contributed by atoms with Crippen LogP contribution in [0.4, 0.5) is 8.78 Å². The minimum absolute atomic E-state index is 0.0480. The molecule has 0 bridgehead atoms.